The minimum absolute atomic E-state index is 0.00480. The molecule has 0 aliphatic heterocycles. The molecule has 0 saturated heterocycles. The number of rotatable bonds is 11. The van der Waals surface area contributed by atoms with Gasteiger partial charge in [0.15, 0.2) is 0 Å². The van der Waals surface area contributed by atoms with Gasteiger partial charge in [-0.1, -0.05) is 56.2 Å². The maximum atomic E-state index is 13.4. The van der Waals surface area contributed by atoms with Crippen molar-refractivity contribution < 1.29 is 14.3 Å². The Morgan fingerprint density at radius 3 is 2.45 bits per heavy atom. The van der Waals surface area contributed by atoms with E-state index < -0.39 is 6.04 Å². The predicted octanol–water partition coefficient (Wildman–Crippen LogP) is 5.10. The highest BCUT2D eigenvalue weighted by atomic mass is 32.2. The first-order valence-corrected chi connectivity index (χ1v) is 13.0. The number of amides is 2. The average Bonchev–Trinajstić information content (AvgIpc) is 3.33. The Hall–Kier alpha value is -2.47. The molecule has 1 N–H and O–H groups in total. The first-order valence-electron chi connectivity index (χ1n) is 11.9. The second kappa shape index (κ2) is 12.7. The van der Waals surface area contributed by atoms with Gasteiger partial charge in [-0.15, -0.1) is 11.8 Å². The molecule has 1 aliphatic rings. The molecule has 5 nitrogen and oxygen atoms in total. The van der Waals surface area contributed by atoms with Crippen LogP contribution in [0.4, 0.5) is 0 Å². The lowest BCUT2D eigenvalue weighted by molar-refractivity contribution is -0.139. The number of carbonyl (C=O) groups is 2. The van der Waals surface area contributed by atoms with Crippen LogP contribution < -0.4 is 10.1 Å². The second-order valence-corrected chi connectivity index (χ2v) is 9.69. The van der Waals surface area contributed by atoms with E-state index in [1.54, 1.807) is 23.8 Å². The Kier molecular flexibility index (Phi) is 9.67. The van der Waals surface area contributed by atoms with Crippen LogP contribution in [0.3, 0.4) is 0 Å². The van der Waals surface area contributed by atoms with Gasteiger partial charge >= 0.3 is 0 Å². The van der Waals surface area contributed by atoms with Gasteiger partial charge in [-0.05, 0) is 55.0 Å². The third-order valence-electron chi connectivity index (χ3n) is 6.34. The summed E-state index contributed by atoms with van der Waals surface area (Å²) >= 11 is 1.58. The summed E-state index contributed by atoms with van der Waals surface area (Å²) in [6.45, 7) is 4.49. The lowest BCUT2D eigenvalue weighted by Crippen LogP contribution is -2.51. The van der Waals surface area contributed by atoms with Crippen molar-refractivity contribution in [1.29, 1.82) is 0 Å². The summed E-state index contributed by atoms with van der Waals surface area (Å²) in [6.07, 6.45) is 4.99. The van der Waals surface area contributed by atoms with Crippen molar-refractivity contribution in [3.8, 4) is 5.75 Å². The van der Waals surface area contributed by atoms with Crippen molar-refractivity contribution in [2.45, 2.75) is 70.3 Å². The van der Waals surface area contributed by atoms with E-state index in [0.29, 0.717) is 18.7 Å². The molecule has 1 atom stereocenters. The van der Waals surface area contributed by atoms with Crippen LogP contribution in [-0.2, 0) is 21.9 Å². The average molecular weight is 469 g/mol. The number of hydrogen-bond acceptors (Lipinski definition) is 4. The Bertz CT molecular complexity index is 910. The van der Waals surface area contributed by atoms with E-state index in [2.05, 4.69) is 18.3 Å². The first kappa shape index (κ1) is 25.2. The van der Waals surface area contributed by atoms with Gasteiger partial charge in [-0.2, -0.15) is 0 Å². The van der Waals surface area contributed by atoms with Crippen molar-refractivity contribution >= 4 is 23.6 Å². The molecule has 1 saturated carbocycles. The van der Waals surface area contributed by atoms with E-state index in [9.17, 15) is 9.59 Å². The third kappa shape index (κ3) is 7.26. The number of hydrogen-bond donors (Lipinski definition) is 1. The van der Waals surface area contributed by atoms with Crippen molar-refractivity contribution in [3.63, 3.8) is 0 Å². The predicted molar refractivity (Wildman–Crippen MR) is 135 cm³/mol. The van der Waals surface area contributed by atoms with Crippen molar-refractivity contribution in [2.24, 2.45) is 0 Å². The second-order valence-electron chi connectivity index (χ2n) is 8.70. The normalized spacial score (nSPS) is 14.6. The fraction of sp³-hybridized carbons (Fsp3) is 0.481. The Morgan fingerprint density at radius 1 is 1.12 bits per heavy atom. The number of benzene rings is 2. The van der Waals surface area contributed by atoms with E-state index >= 15 is 0 Å². The summed E-state index contributed by atoms with van der Waals surface area (Å²) in [4.78, 5) is 28.4. The number of thioether (sulfide) groups is 1. The summed E-state index contributed by atoms with van der Waals surface area (Å²) in [5.74, 6) is 1.88. The minimum Gasteiger partial charge on any atom is -0.497 e. The lowest BCUT2D eigenvalue weighted by atomic mass is 10.1. The summed E-state index contributed by atoms with van der Waals surface area (Å²) < 4.78 is 5.21. The van der Waals surface area contributed by atoms with Crippen LogP contribution in [0.1, 0.15) is 55.7 Å². The zero-order chi connectivity index (χ0) is 23.6. The molecule has 1 aliphatic carbocycles. The molecule has 33 heavy (non-hydrogen) atoms. The molecule has 0 radical (unpaired) electrons. The van der Waals surface area contributed by atoms with E-state index in [4.69, 9.17) is 4.74 Å². The van der Waals surface area contributed by atoms with Gasteiger partial charge in [0.25, 0.3) is 0 Å². The minimum atomic E-state index is -0.459. The zero-order valence-electron chi connectivity index (χ0n) is 20.0. The fourth-order valence-electron chi connectivity index (χ4n) is 4.32. The maximum Gasteiger partial charge on any atom is 0.243 e. The van der Waals surface area contributed by atoms with Crippen LogP contribution in [0.5, 0.6) is 5.75 Å². The number of ether oxygens (including phenoxy) is 1. The van der Waals surface area contributed by atoms with Gasteiger partial charge in [-0.25, -0.2) is 0 Å². The van der Waals surface area contributed by atoms with Crippen molar-refractivity contribution in [2.75, 3.05) is 12.9 Å². The lowest BCUT2D eigenvalue weighted by Gasteiger charge is -2.32. The molecular formula is C27H36N2O3S. The number of carbonyl (C=O) groups excluding carboxylic acids is 2. The van der Waals surface area contributed by atoms with Gasteiger partial charge in [0.1, 0.15) is 11.8 Å². The smallest absolute Gasteiger partial charge is 0.243 e. The maximum absolute atomic E-state index is 13.4. The van der Waals surface area contributed by atoms with Crippen LogP contribution in [0.15, 0.2) is 48.5 Å². The number of nitrogens with one attached hydrogen (secondary N) is 1. The molecule has 2 aromatic carbocycles. The Morgan fingerprint density at radius 2 is 1.82 bits per heavy atom. The number of aryl methyl sites for hydroxylation is 1. The number of nitrogens with zero attached hydrogens (tertiary/aromatic N) is 1. The van der Waals surface area contributed by atoms with Crippen LogP contribution in [0.25, 0.3) is 0 Å². The van der Waals surface area contributed by atoms with Gasteiger partial charge < -0.3 is 15.0 Å². The molecule has 3 rings (SSSR count). The van der Waals surface area contributed by atoms with Gasteiger partial charge in [-0.3, -0.25) is 9.59 Å². The van der Waals surface area contributed by atoms with E-state index in [-0.39, 0.29) is 17.9 Å². The van der Waals surface area contributed by atoms with Gasteiger partial charge in [0, 0.05) is 18.3 Å². The molecule has 0 unspecified atom stereocenters. The van der Waals surface area contributed by atoms with Crippen molar-refractivity contribution in [3.05, 3.63) is 65.2 Å². The largest absolute Gasteiger partial charge is 0.497 e. The highest BCUT2D eigenvalue weighted by molar-refractivity contribution is 7.99. The van der Waals surface area contributed by atoms with Crippen LogP contribution in [-0.4, -0.2) is 41.7 Å². The Labute approximate surface area is 202 Å². The van der Waals surface area contributed by atoms with Crippen LogP contribution in [0.2, 0.25) is 0 Å². The summed E-state index contributed by atoms with van der Waals surface area (Å²) in [5, 5.41) is 3.21. The van der Waals surface area contributed by atoms with Crippen molar-refractivity contribution in [1.82, 2.24) is 10.2 Å². The molecule has 2 amide bonds. The molecule has 0 bridgehead atoms. The molecule has 178 valence electrons. The Balaban J connectivity index is 1.69. The summed E-state index contributed by atoms with van der Waals surface area (Å²) in [7, 11) is 1.65. The molecule has 2 aromatic rings. The highest BCUT2D eigenvalue weighted by Crippen LogP contribution is 2.22. The highest BCUT2D eigenvalue weighted by Gasteiger charge is 2.30. The molecule has 6 heteroatoms. The first-order chi connectivity index (χ1) is 16.0. The fourth-order valence-corrected chi connectivity index (χ4v) is 5.19. The summed E-state index contributed by atoms with van der Waals surface area (Å²) in [5.41, 5.74) is 3.36. The van der Waals surface area contributed by atoms with Gasteiger partial charge in [0.2, 0.25) is 11.8 Å². The van der Waals surface area contributed by atoms with E-state index in [0.717, 1.165) is 53.9 Å². The standard InChI is InChI=1S/C27H36N2O3S/c1-4-25(27(31)28-23-11-7-8-12-23)29(17-22-10-6-5-9-20(22)2)26(30)19-33-18-21-13-15-24(32-3)16-14-21/h5-6,9-10,13-16,23,25H,4,7-8,11-12,17-19H2,1-3H3,(H,28,31)/t25-/m0/s1. The van der Waals surface area contributed by atoms with Crippen LogP contribution >= 0.6 is 11.8 Å². The third-order valence-corrected chi connectivity index (χ3v) is 7.33. The SMILES string of the molecule is CC[C@@H](C(=O)NC1CCCC1)N(Cc1ccccc1C)C(=O)CSCc1ccc(OC)cc1. The van der Waals surface area contributed by atoms with Gasteiger partial charge in [0.05, 0.1) is 12.9 Å². The van der Waals surface area contributed by atoms with Crippen LogP contribution in [0, 0.1) is 6.92 Å². The topological polar surface area (TPSA) is 58.6 Å². The zero-order valence-corrected chi connectivity index (χ0v) is 20.8. The molecule has 0 heterocycles. The quantitative estimate of drug-likeness (QED) is 0.498. The number of methoxy groups -OCH3 is 1. The summed E-state index contributed by atoms with van der Waals surface area (Å²) in [6, 6.07) is 15.8. The molecule has 1 fully saturated rings. The molecule has 0 spiro atoms. The molecular weight excluding hydrogens is 432 g/mol. The van der Waals surface area contributed by atoms with E-state index in [1.807, 2.05) is 49.4 Å². The van der Waals surface area contributed by atoms with E-state index in [1.165, 1.54) is 0 Å². The molecule has 0 aromatic heterocycles. The monoisotopic (exact) mass is 468 g/mol.